The molecule has 1 aliphatic carbocycles. The smallest absolute Gasteiger partial charge is 0.333 e. The summed E-state index contributed by atoms with van der Waals surface area (Å²) < 4.78 is 42.9. The summed E-state index contributed by atoms with van der Waals surface area (Å²) in [6.07, 6.45) is 5.28. The van der Waals surface area contributed by atoms with Gasteiger partial charge in [-0.15, -0.1) is 0 Å². The Balaban J connectivity index is 1.69. The Hall–Kier alpha value is -2.81. The summed E-state index contributed by atoms with van der Waals surface area (Å²) in [4.78, 5) is 21.2. The second-order valence-electron chi connectivity index (χ2n) is 9.12. The lowest BCUT2D eigenvalue weighted by atomic mass is 9.98. The van der Waals surface area contributed by atoms with Crippen LogP contribution in [0.15, 0.2) is 31.0 Å². The zero-order chi connectivity index (χ0) is 24.2. The van der Waals surface area contributed by atoms with Crippen LogP contribution in [0.5, 0.6) is 0 Å². The molecule has 3 rings (SSSR count). The molecule has 2 aromatic rings. The molecule has 1 fully saturated rings. The number of nitrogens with zero attached hydrogens (tertiary/aromatic N) is 3. The first-order chi connectivity index (χ1) is 15.4. The molecule has 0 amide bonds. The lowest BCUT2D eigenvalue weighted by molar-refractivity contribution is 0.103. The van der Waals surface area contributed by atoms with Crippen LogP contribution in [0, 0.1) is 23.2 Å². The average Bonchev–Trinajstić information content (AvgIpc) is 3.32. The molecule has 0 saturated heterocycles. The van der Waals surface area contributed by atoms with Gasteiger partial charge in [0.2, 0.25) is 0 Å². The van der Waals surface area contributed by atoms with Crippen molar-refractivity contribution < 1.29 is 21.8 Å². The van der Waals surface area contributed by atoms with E-state index in [9.17, 15) is 17.6 Å². The Bertz CT molecular complexity index is 1160. The Labute approximate surface area is 193 Å². The largest absolute Gasteiger partial charge is 0.364 e. The van der Waals surface area contributed by atoms with Gasteiger partial charge >= 0.3 is 10.3 Å². The van der Waals surface area contributed by atoms with E-state index in [0.717, 1.165) is 0 Å². The molecule has 3 N–H and O–H groups in total. The van der Waals surface area contributed by atoms with Crippen LogP contribution in [-0.4, -0.2) is 47.6 Å². The van der Waals surface area contributed by atoms with Crippen LogP contribution in [0.25, 0.3) is 0 Å². The van der Waals surface area contributed by atoms with Crippen molar-refractivity contribution in [1.29, 1.82) is 0 Å². The fraction of sp³-hybridized carbons (Fsp3) is 0.500. The number of anilines is 1. The summed E-state index contributed by atoms with van der Waals surface area (Å²) in [5.74, 6) is 5.82. The van der Waals surface area contributed by atoms with Gasteiger partial charge < -0.3 is 9.88 Å². The minimum Gasteiger partial charge on any atom is -0.364 e. The van der Waals surface area contributed by atoms with Crippen LogP contribution < -0.4 is 10.5 Å². The van der Waals surface area contributed by atoms with Crippen LogP contribution in [0.4, 0.5) is 10.2 Å². The number of carbonyl (C=O) groups is 1. The second-order valence-corrected chi connectivity index (χ2v) is 10.3. The van der Waals surface area contributed by atoms with Gasteiger partial charge in [0.25, 0.3) is 0 Å². The Morgan fingerprint density at radius 1 is 1.39 bits per heavy atom. The number of ketones is 1. The predicted octanol–water partition coefficient (Wildman–Crippen LogP) is 2.31. The molecular formula is C22H28FN5O4S. The molecule has 3 unspecified atom stereocenters. The van der Waals surface area contributed by atoms with Crippen molar-refractivity contribution in [3.05, 3.63) is 42.1 Å². The summed E-state index contributed by atoms with van der Waals surface area (Å²) in [6, 6.07) is 1.03. The standard InChI is InChI=1S/C22H28FN5O4S/c1-22(2,3)6-4-7-28-8-5-16(12-28)20(29)17-11-25-14-26-21(17)27-19-10-15(9-18(19)23)13-32-33(24,30)31/h5,8,11-12,14-15,18-19H,7,9-10,13H2,1-3H3,(H2,24,30,31)(H,25,26,27). The van der Waals surface area contributed by atoms with Crippen molar-refractivity contribution in [2.75, 3.05) is 11.9 Å². The van der Waals surface area contributed by atoms with E-state index in [0.29, 0.717) is 18.5 Å². The Morgan fingerprint density at radius 2 is 2.15 bits per heavy atom. The third kappa shape index (κ3) is 7.35. The third-order valence-electron chi connectivity index (χ3n) is 5.07. The molecule has 1 aliphatic rings. The summed E-state index contributed by atoms with van der Waals surface area (Å²) >= 11 is 0. The maximum absolute atomic E-state index is 14.6. The van der Waals surface area contributed by atoms with Crippen LogP contribution >= 0.6 is 0 Å². The third-order valence-corrected chi connectivity index (χ3v) is 5.53. The van der Waals surface area contributed by atoms with Gasteiger partial charge in [-0.05, 0) is 45.6 Å². The monoisotopic (exact) mass is 477 g/mol. The minimum absolute atomic E-state index is 0.105. The van der Waals surface area contributed by atoms with Crippen molar-refractivity contribution in [2.45, 2.75) is 52.4 Å². The topological polar surface area (TPSA) is 129 Å². The minimum atomic E-state index is -4.08. The van der Waals surface area contributed by atoms with Gasteiger partial charge in [-0.1, -0.05) is 11.8 Å². The van der Waals surface area contributed by atoms with Crippen molar-refractivity contribution in [1.82, 2.24) is 14.5 Å². The molecule has 33 heavy (non-hydrogen) atoms. The molecule has 3 atom stereocenters. The fourth-order valence-electron chi connectivity index (χ4n) is 3.57. The first kappa shape index (κ1) is 24.8. The zero-order valence-corrected chi connectivity index (χ0v) is 19.6. The highest BCUT2D eigenvalue weighted by Crippen LogP contribution is 2.31. The summed E-state index contributed by atoms with van der Waals surface area (Å²) in [6.45, 7) is 6.33. The Kier molecular flexibility index (Phi) is 7.51. The highest BCUT2D eigenvalue weighted by Gasteiger charge is 2.36. The number of rotatable bonds is 8. The van der Waals surface area contributed by atoms with Gasteiger partial charge in [0.1, 0.15) is 18.3 Å². The highest BCUT2D eigenvalue weighted by atomic mass is 32.2. The molecule has 2 heterocycles. The van der Waals surface area contributed by atoms with Crippen LogP contribution in [0.3, 0.4) is 0 Å². The first-order valence-corrected chi connectivity index (χ1v) is 12.0. The maximum Gasteiger partial charge on any atom is 0.333 e. The molecule has 0 radical (unpaired) electrons. The van der Waals surface area contributed by atoms with E-state index in [2.05, 4.69) is 31.3 Å². The molecule has 178 valence electrons. The van der Waals surface area contributed by atoms with E-state index in [1.54, 1.807) is 18.5 Å². The van der Waals surface area contributed by atoms with E-state index in [-0.39, 0.29) is 41.5 Å². The summed E-state index contributed by atoms with van der Waals surface area (Å²) in [7, 11) is -4.08. The number of nitrogens with one attached hydrogen (secondary N) is 1. The van der Waals surface area contributed by atoms with Crippen LogP contribution in [0.1, 0.15) is 49.5 Å². The second kappa shape index (κ2) is 9.99. The molecule has 2 aromatic heterocycles. The summed E-state index contributed by atoms with van der Waals surface area (Å²) in [5, 5.41) is 7.82. The van der Waals surface area contributed by atoms with Gasteiger partial charge in [0, 0.05) is 29.6 Å². The van der Waals surface area contributed by atoms with Gasteiger partial charge in [-0.3, -0.25) is 8.98 Å². The molecule has 0 aliphatic heterocycles. The number of halogens is 1. The molecular weight excluding hydrogens is 449 g/mol. The van der Waals surface area contributed by atoms with Crippen molar-refractivity contribution in [3.63, 3.8) is 0 Å². The number of aromatic nitrogens is 3. The maximum atomic E-state index is 14.6. The first-order valence-electron chi connectivity index (χ1n) is 10.5. The predicted molar refractivity (Wildman–Crippen MR) is 121 cm³/mol. The number of hydrogen-bond acceptors (Lipinski definition) is 7. The quantitative estimate of drug-likeness (QED) is 0.441. The van der Waals surface area contributed by atoms with E-state index < -0.39 is 22.5 Å². The van der Waals surface area contributed by atoms with Crippen LogP contribution in [0.2, 0.25) is 0 Å². The van der Waals surface area contributed by atoms with Gasteiger partial charge in [0.15, 0.2) is 5.78 Å². The molecule has 0 bridgehead atoms. The molecule has 0 aromatic carbocycles. The lowest BCUT2D eigenvalue weighted by Gasteiger charge is -2.17. The highest BCUT2D eigenvalue weighted by molar-refractivity contribution is 7.84. The molecule has 9 nitrogen and oxygen atoms in total. The zero-order valence-electron chi connectivity index (χ0n) is 18.8. The van der Waals surface area contributed by atoms with E-state index >= 15 is 0 Å². The average molecular weight is 478 g/mol. The van der Waals surface area contributed by atoms with Crippen LogP contribution in [-0.2, 0) is 21.0 Å². The Morgan fingerprint density at radius 3 is 2.85 bits per heavy atom. The van der Waals surface area contributed by atoms with Gasteiger partial charge in [-0.25, -0.2) is 19.5 Å². The number of hydrogen-bond donors (Lipinski definition) is 2. The van der Waals surface area contributed by atoms with E-state index in [4.69, 9.17) is 5.14 Å². The lowest BCUT2D eigenvalue weighted by Crippen LogP contribution is -2.27. The molecule has 11 heteroatoms. The van der Waals surface area contributed by atoms with Crippen molar-refractivity contribution in [2.24, 2.45) is 16.5 Å². The number of carbonyl (C=O) groups excluding carboxylic acids is 1. The number of nitrogens with two attached hydrogens (primary N) is 1. The van der Waals surface area contributed by atoms with Gasteiger partial charge in [0.05, 0.1) is 24.8 Å². The van der Waals surface area contributed by atoms with Gasteiger partial charge in [-0.2, -0.15) is 8.42 Å². The normalized spacial score (nSPS) is 20.8. The van der Waals surface area contributed by atoms with E-state index in [1.807, 2.05) is 25.3 Å². The number of alkyl halides is 1. The SMILES string of the molecule is CC(C)(C)C#CCn1ccc(C(=O)c2cncnc2NC2CC(COS(N)(=O)=O)CC2F)c1. The fourth-order valence-corrected chi connectivity index (χ4v) is 3.96. The van der Waals surface area contributed by atoms with E-state index in [1.165, 1.54) is 12.5 Å². The van der Waals surface area contributed by atoms with Crippen molar-refractivity contribution >= 4 is 21.9 Å². The molecule has 1 saturated carbocycles. The van der Waals surface area contributed by atoms with Crippen molar-refractivity contribution in [3.8, 4) is 11.8 Å². The summed E-state index contributed by atoms with van der Waals surface area (Å²) in [5.41, 5.74) is 0.548. The molecule has 0 spiro atoms.